The van der Waals surface area contributed by atoms with Gasteiger partial charge in [-0.15, -0.1) is 0 Å². The van der Waals surface area contributed by atoms with Gasteiger partial charge in [0.25, 0.3) is 0 Å². The first kappa shape index (κ1) is 28.6. The molecular formula is C31H36O7. The van der Waals surface area contributed by atoms with Gasteiger partial charge >= 0.3 is 11.9 Å². The minimum atomic E-state index is -1.20. The topological polar surface area (TPSA) is 124 Å². The molecule has 7 nitrogen and oxygen atoms in total. The van der Waals surface area contributed by atoms with Crippen molar-refractivity contribution in [1.82, 2.24) is 0 Å². The summed E-state index contributed by atoms with van der Waals surface area (Å²) in [5, 5.41) is 38.8. The number of phenols is 2. The Hall–Kier alpha value is -4.00. The van der Waals surface area contributed by atoms with E-state index in [0.717, 1.165) is 53.5 Å². The molecule has 0 spiro atoms. The summed E-state index contributed by atoms with van der Waals surface area (Å²) in [5.41, 5.74) is 3.86. The zero-order chi connectivity index (χ0) is 27.8. The van der Waals surface area contributed by atoms with Crippen molar-refractivity contribution in [3.05, 3.63) is 87.5 Å². The second-order valence-electron chi connectivity index (χ2n) is 9.81. The maximum atomic E-state index is 11.6. The summed E-state index contributed by atoms with van der Waals surface area (Å²) in [6.07, 6.45) is 5.06. The van der Waals surface area contributed by atoms with Crippen LogP contribution >= 0.6 is 0 Å². The van der Waals surface area contributed by atoms with E-state index >= 15 is 0 Å². The number of benzene rings is 3. The summed E-state index contributed by atoms with van der Waals surface area (Å²) in [6, 6.07) is 13.1. The van der Waals surface area contributed by atoms with E-state index in [4.69, 9.17) is 4.74 Å². The maximum Gasteiger partial charge on any atom is 0.339 e. The summed E-state index contributed by atoms with van der Waals surface area (Å²) in [7, 11) is 0. The Morgan fingerprint density at radius 1 is 0.816 bits per heavy atom. The number of aryl methyl sites for hydroxylation is 1. The fourth-order valence-electron chi connectivity index (χ4n) is 4.64. The van der Waals surface area contributed by atoms with Crippen molar-refractivity contribution >= 4 is 11.9 Å². The van der Waals surface area contributed by atoms with Crippen LogP contribution in [0.1, 0.15) is 88.1 Å². The van der Waals surface area contributed by atoms with E-state index < -0.39 is 11.9 Å². The minimum absolute atomic E-state index is 0.159. The fourth-order valence-corrected chi connectivity index (χ4v) is 4.64. The van der Waals surface area contributed by atoms with Gasteiger partial charge < -0.3 is 25.2 Å². The molecule has 3 rings (SSSR count). The lowest BCUT2D eigenvalue weighted by Crippen LogP contribution is -2.14. The summed E-state index contributed by atoms with van der Waals surface area (Å²) in [4.78, 5) is 23.1. The van der Waals surface area contributed by atoms with Crippen molar-refractivity contribution in [1.29, 1.82) is 0 Å². The van der Waals surface area contributed by atoms with Crippen LogP contribution in [0.5, 0.6) is 17.2 Å². The summed E-state index contributed by atoms with van der Waals surface area (Å²) in [5.74, 6) is -1.89. The number of hydrogen-bond donors (Lipinski definition) is 4. The van der Waals surface area contributed by atoms with Crippen LogP contribution in [-0.2, 0) is 12.8 Å². The largest absolute Gasteiger partial charge is 0.507 e. The Morgan fingerprint density at radius 3 is 1.74 bits per heavy atom. The Bertz CT molecular complexity index is 1210. The van der Waals surface area contributed by atoms with Gasteiger partial charge in [-0.1, -0.05) is 62.9 Å². The van der Waals surface area contributed by atoms with Gasteiger partial charge in [0.15, 0.2) is 0 Å². The third-order valence-electron chi connectivity index (χ3n) is 6.77. The highest BCUT2D eigenvalue weighted by atomic mass is 16.5. The van der Waals surface area contributed by atoms with E-state index in [1.807, 2.05) is 19.1 Å². The SMILES string of the molecule is CCCCC(CC)COc1c(Cc2ccc(O)c(C(=O)O)c2)cc(C)cc1Cc1ccc(O)c(C(=O)O)c1. The average molecular weight is 521 g/mol. The molecule has 0 aliphatic carbocycles. The smallest absolute Gasteiger partial charge is 0.339 e. The van der Waals surface area contributed by atoms with Crippen molar-refractivity contribution in [2.75, 3.05) is 6.61 Å². The summed E-state index contributed by atoms with van der Waals surface area (Å²) < 4.78 is 6.49. The van der Waals surface area contributed by atoms with Crippen molar-refractivity contribution < 1.29 is 34.8 Å². The molecule has 7 heteroatoms. The normalized spacial score (nSPS) is 11.8. The maximum absolute atomic E-state index is 11.6. The van der Waals surface area contributed by atoms with Gasteiger partial charge in [-0.05, 0) is 65.8 Å². The second-order valence-corrected chi connectivity index (χ2v) is 9.81. The van der Waals surface area contributed by atoms with E-state index in [0.29, 0.717) is 31.1 Å². The van der Waals surface area contributed by atoms with E-state index in [-0.39, 0.29) is 22.6 Å². The van der Waals surface area contributed by atoms with Gasteiger partial charge in [0.05, 0.1) is 6.61 Å². The van der Waals surface area contributed by atoms with Gasteiger partial charge in [0.2, 0.25) is 0 Å². The first-order chi connectivity index (χ1) is 18.1. The lowest BCUT2D eigenvalue weighted by atomic mass is 9.94. The van der Waals surface area contributed by atoms with Gasteiger partial charge in [-0.3, -0.25) is 0 Å². The molecular weight excluding hydrogens is 484 g/mol. The molecule has 0 heterocycles. The molecule has 1 unspecified atom stereocenters. The van der Waals surface area contributed by atoms with Crippen LogP contribution in [0.25, 0.3) is 0 Å². The standard InChI is InChI=1S/C31H36O7/c1-4-6-7-20(5-2)18-38-29-23(14-21-8-10-27(32)25(16-21)30(34)35)12-19(3)13-24(29)15-22-9-11-28(33)26(17-22)31(36)37/h8-13,16-17,20,32-33H,4-7,14-15,18H2,1-3H3,(H,34,35)(H,36,37). The summed E-state index contributed by atoms with van der Waals surface area (Å²) >= 11 is 0. The molecule has 0 aromatic heterocycles. The van der Waals surface area contributed by atoms with Crippen molar-refractivity contribution in [3.8, 4) is 17.2 Å². The lowest BCUT2D eigenvalue weighted by molar-refractivity contribution is 0.0682. The Morgan fingerprint density at radius 2 is 1.32 bits per heavy atom. The first-order valence-electron chi connectivity index (χ1n) is 13.0. The zero-order valence-corrected chi connectivity index (χ0v) is 22.2. The number of carboxylic acids is 2. The minimum Gasteiger partial charge on any atom is -0.507 e. The summed E-state index contributed by atoms with van der Waals surface area (Å²) in [6.45, 7) is 6.81. The molecule has 0 radical (unpaired) electrons. The van der Waals surface area contributed by atoms with Gasteiger partial charge in [0.1, 0.15) is 28.4 Å². The second kappa shape index (κ2) is 13.0. The highest BCUT2D eigenvalue weighted by Gasteiger charge is 2.18. The Balaban J connectivity index is 2.04. The van der Waals surface area contributed by atoms with E-state index in [1.165, 1.54) is 24.3 Å². The highest BCUT2D eigenvalue weighted by molar-refractivity contribution is 5.91. The van der Waals surface area contributed by atoms with Crippen LogP contribution in [-0.4, -0.2) is 39.0 Å². The highest BCUT2D eigenvalue weighted by Crippen LogP contribution is 2.33. The number of aromatic carboxylic acids is 2. The average Bonchev–Trinajstić information content (AvgIpc) is 2.87. The zero-order valence-electron chi connectivity index (χ0n) is 22.2. The predicted octanol–water partition coefficient (Wildman–Crippen LogP) is 6.58. The third kappa shape index (κ3) is 7.28. The number of hydrogen-bond acceptors (Lipinski definition) is 5. The van der Waals surface area contributed by atoms with Crippen LogP contribution < -0.4 is 4.74 Å². The molecule has 0 aliphatic heterocycles. The van der Waals surface area contributed by atoms with Gasteiger partial charge in [-0.2, -0.15) is 0 Å². The van der Waals surface area contributed by atoms with Crippen LogP contribution in [0, 0.1) is 12.8 Å². The first-order valence-corrected chi connectivity index (χ1v) is 13.0. The van der Waals surface area contributed by atoms with E-state index in [1.54, 1.807) is 12.1 Å². The molecule has 202 valence electrons. The fraction of sp³-hybridized carbons (Fsp3) is 0.355. The molecule has 0 bridgehead atoms. The van der Waals surface area contributed by atoms with Crippen LogP contribution in [0.4, 0.5) is 0 Å². The van der Waals surface area contributed by atoms with Crippen molar-refractivity contribution in [3.63, 3.8) is 0 Å². The number of ether oxygens (including phenoxy) is 1. The van der Waals surface area contributed by atoms with Crippen molar-refractivity contribution in [2.45, 2.75) is 59.3 Å². The molecule has 1 atom stereocenters. The molecule has 0 fully saturated rings. The van der Waals surface area contributed by atoms with Crippen molar-refractivity contribution in [2.24, 2.45) is 5.92 Å². The van der Waals surface area contributed by atoms with Gasteiger partial charge in [-0.25, -0.2) is 9.59 Å². The molecule has 0 saturated heterocycles. The van der Waals surface area contributed by atoms with Crippen LogP contribution in [0.15, 0.2) is 48.5 Å². The number of carboxylic acid groups (broad SMARTS) is 2. The quantitative estimate of drug-likeness (QED) is 0.201. The number of rotatable bonds is 13. The molecule has 3 aromatic carbocycles. The van der Waals surface area contributed by atoms with Crippen LogP contribution in [0.2, 0.25) is 0 Å². The third-order valence-corrected chi connectivity index (χ3v) is 6.77. The number of aromatic hydroxyl groups is 2. The molecule has 38 heavy (non-hydrogen) atoms. The Kier molecular flexibility index (Phi) is 9.77. The molecule has 0 aliphatic rings. The molecule has 3 aromatic rings. The molecule has 0 saturated carbocycles. The van der Waals surface area contributed by atoms with Gasteiger partial charge in [0, 0.05) is 12.8 Å². The molecule has 0 amide bonds. The number of unbranched alkanes of at least 4 members (excludes halogenated alkanes) is 1. The van der Waals surface area contributed by atoms with E-state index in [9.17, 15) is 30.0 Å². The van der Waals surface area contributed by atoms with E-state index in [2.05, 4.69) is 13.8 Å². The predicted molar refractivity (Wildman–Crippen MR) is 146 cm³/mol. The Labute approximate surface area is 223 Å². The van der Waals surface area contributed by atoms with Crippen LogP contribution in [0.3, 0.4) is 0 Å². The number of carbonyl (C=O) groups is 2. The molecule has 4 N–H and O–H groups in total. The monoisotopic (exact) mass is 520 g/mol. The lowest BCUT2D eigenvalue weighted by Gasteiger charge is -2.21.